The van der Waals surface area contributed by atoms with E-state index >= 15 is 0 Å². The number of aryl methyl sites for hydroxylation is 1. The summed E-state index contributed by atoms with van der Waals surface area (Å²) in [6.45, 7) is 2.74. The number of ether oxygens (including phenoxy) is 1. The minimum absolute atomic E-state index is 0.268. The van der Waals surface area contributed by atoms with Crippen LogP contribution in [0.3, 0.4) is 0 Å². The lowest BCUT2D eigenvalue weighted by Gasteiger charge is -2.05. The molecule has 5 heteroatoms. The summed E-state index contributed by atoms with van der Waals surface area (Å²) >= 11 is 0. The van der Waals surface area contributed by atoms with E-state index in [9.17, 15) is 4.39 Å². The van der Waals surface area contributed by atoms with Crippen molar-refractivity contribution in [3.8, 4) is 11.5 Å². The van der Waals surface area contributed by atoms with Crippen LogP contribution in [-0.4, -0.2) is 9.78 Å². The molecule has 0 radical (unpaired) electrons. The average Bonchev–Trinajstić information content (AvgIpc) is 2.70. The standard InChI is InChI=1S/C11H12FN3O/c1-2-15-7-9(6-14-15)16-11-4-3-8(12)5-10(11)13/h3-7H,2,13H2,1H3. The molecule has 1 heterocycles. The fraction of sp³-hybridized carbons (Fsp3) is 0.182. The van der Waals surface area contributed by atoms with Gasteiger partial charge in [-0.25, -0.2) is 4.39 Å². The molecule has 0 bridgehead atoms. The summed E-state index contributed by atoms with van der Waals surface area (Å²) in [5.74, 6) is 0.631. The molecule has 0 fully saturated rings. The Balaban J connectivity index is 2.20. The first kappa shape index (κ1) is 10.5. The monoisotopic (exact) mass is 221 g/mol. The molecular formula is C11H12FN3O. The molecule has 0 saturated carbocycles. The normalized spacial score (nSPS) is 10.4. The molecular weight excluding hydrogens is 209 g/mol. The number of aromatic nitrogens is 2. The van der Waals surface area contributed by atoms with E-state index in [0.29, 0.717) is 11.5 Å². The van der Waals surface area contributed by atoms with Crippen LogP contribution in [0.2, 0.25) is 0 Å². The maximum Gasteiger partial charge on any atom is 0.165 e. The zero-order valence-electron chi connectivity index (χ0n) is 8.85. The highest BCUT2D eigenvalue weighted by atomic mass is 19.1. The Kier molecular flexibility index (Phi) is 2.76. The lowest BCUT2D eigenvalue weighted by molar-refractivity contribution is 0.482. The summed E-state index contributed by atoms with van der Waals surface area (Å²) in [5.41, 5.74) is 5.88. The topological polar surface area (TPSA) is 53.1 Å². The van der Waals surface area contributed by atoms with E-state index in [0.717, 1.165) is 6.54 Å². The van der Waals surface area contributed by atoms with Crippen LogP contribution in [0, 0.1) is 5.82 Å². The fourth-order valence-corrected chi connectivity index (χ4v) is 1.31. The summed E-state index contributed by atoms with van der Waals surface area (Å²) in [7, 11) is 0. The lowest BCUT2D eigenvalue weighted by Crippen LogP contribution is -1.93. The second-order valence-electron chi connectivity index (χ2n) is 3.32. The average molecular weight is 221 g/mol. The van der Waals surface area contributed by atoms with Crippen LogP contribution >= 0.6 is 0 Å². The Morgan fingerprint density at radius 1 is 1.50 bits per heavy atom. The van der Waals surface area contributed by atoms with Gasteiger partial charge >= 0.3 is 0 Å². The third kappa shape index (κ3) is 2.13. The van der Waals surface area contributed by atoms with Gasteiger partial charge in [-0.05, 0) is 19.1 Å². The Bertz CT molecular complexity index is 496. The maximum absolute atomic E-state index is 12.8. The molecule has 0 aliphatic carbocycles. The Morgan fingerprint density at radius 3 is 2.94 bits per heavy atom. The van der Waals surface area contributed by atoms with Crippen LogP contribution in [0.15, 0.2) is 30.6 Å². The second-order valence-corrected chi connectivity index (χ2v) is 3.32. The highest BCUT2D eigenvalue weighted by Gasteiger charge is 2.05. The first-order chi connectivity index (χ1) is 7.69. The molecule has 0 atom stereocenters. The van der Waals surface area contributed by atoms with Crippen molar-refractivity contribution >= 4 is 5.69 Å². The van der Waals surface area contributed by atoms with Crippen LogP contribution in [0.5, 0.6) is 11.5 Å². The number of benzene rings is 1. The molecule has 2 aromatic rings. The highest BCUT2D eigenvalue weighted by Crippen LogP contribution is 2.27. The molecule has 2 rings (SSSR count). The van der Waals surface area contributed by atoms with Crippen molar-refractivity contribution in [2.24, 2.45) is 0 Å². The van der Waals surface area contributed by atoms with Gasteiger partial charge in [-0.15, -0.1) is 0 Å². The lowest BCUT2D eigenvalue weighted by atomic mass is 10.3. The minimum Gasteiger partial charge on any atom is -0.452 e. The van der Waals surface area contributed by atoms with Crippen molar-refractivity contribution in [2.75, 3.05) is 5.73 Å². The SMILES string of the molecule is CCn1cc(Oc2ccc(F)cc2N)cn1. The van der Waals surface area contributed by atoms with E-state index in [1.807, 2.05) is 6.92 Å². The smallest absolute Gasteiger partial charge is 0.165 e. The predicted molar refractivity (Wildman–Crippen MR) is 58.8 cm³/mol. The van der Waals surface area contributed by atoms with Gasteiger partial charge in [0.25, 0.3) is 0 Å². The van der Waals surface area contributed by atoms with Crippen molar-refractivity contribution in [2.45, 2.75) is 13.5 Å². The van der Waals surface area contributed by atoms with E-state index < -0.39 is 0 Å². The summed E-state index contributed by atoms with van der Waals surface area (Å²) in [4.78, 5) is 0. The first-order valence-corrected chi connectivity index (χ1v) is 4.94. The van der Waals surface area contributed by atoms with Gasteiger partial charge < -0.3 is 10.5 Å². The van der Waals surface area contributed by atoms with Crippen LogP contribution < -0.4 is 10.5 Å². The van der Waals surface area contributed by atoms with Gasteiger partial charge in [0.2, 0.25) is 0 Å². The molecule has 2 N–H and O–H groups in total. The minimum atomic E-state index is -0.380. The zero-order chi connectivity index (χ0) is 11.5. The molecule has 1 aromatic carbocycles. The van der Waals surface area contributed by atoms with Gasteiger partial charge in [0.05, 0.1) is 18.1 Å². The molecule has 1 aromatic heterocycles. The van der Waals surface area contributed by atoms with Gasteiger partial charge in [0, 0.05) is 12.6 Å². The third-order valence-electron chi connectivity index (χ3n) is 2.13. The number of nitrogen functional groups attached to an aromatic ring is 1. The molecule has 0 unspecified atom stereocenters. The molecule has 84 valence electrons. The number of nitrogens with two attached hydrogens (primary N) is 1. The van der Waals surface area contributed by atoms with Gasteiger partial charge in [0.1, 0.15) is 5.82 Å². The van der Waals surface area contributed by atoms with Crippen LogP contribution in [-0.2, 0) is 6.54 Å². The van der Waals surface area contributed by atoms with E-state index in [1.165, 1.54) is 18.2 Å². The van der Waals surface area contributed by atoms with Gasteiger partial charge in [0.15, 0.2) is 11.5 Å². The quantitative estimate of drug-likeness (QED) is 0.810. The predicted octanol–water partition coefficient (Wildman–Crippen LogP) is 2.42. The zero-order valence-corrected chi connectivity index (χ0v) is 8.85. The molecule has 16 heavy (non-hydrogen) atoms. The van der Waals surface area contributed by atoms with Crippen molar-refractivity contribution in [1.29, 1.82) is 0 Å². The first-order valence-electron chi connectivity index (χ1n) is 4.94. The summed E-state index contributed by atoms with van der Waals surface area (Å²) < 4.78 is 20.0. The molecule has 0 saturated heterocycles. The van der Waals surface area contributed by atoms with E-state index in [-0.39, 0.29) is 11.5 Å². The van der Waals surface area contributed by atoms with E-state index in [1.54, 1.807) is 17.1 Å². The van der Waals surface area contributed by atoms with Crippen molar-refractivity contribution < 1.29 is 9.13 Å². The third-order valence-corrected chi connectivity index (χ3v) is 2.13. The Labute approximate surface area is 92.4 Å². The van der Waals surface area contributed by atoms with Crippen LogP contribution in [0.1, 0.15) is 6.92 Å². The largest absolute Gasteiger partial charge is 0.452 e. The van der Waals surface area contributed by atoms with Crippen molar-refractivity contribution in [3.05, 3.63) is 36.4 Å². The Morgan fingerprint density at radius 2 is 2.31 bits per heavy atom. The summed E-state index contributed by atoms with van der Waals surface area (Å²) in [6.07, 6.45) is 3.34. The molecule has 4 nitrogen and oxygen atoms in total. The maximum atomic E-state index is 12.8. The summed E-state index contributed by atoms with van der Waals surface area (Å²) in [5, 5.41) is 4.05. The number of rotatable bonds is 3. The van der Waals surface area contributed by atoms with Crippen molar-refractivity contribution in [3.63, 3.8) is 0 Å². The van der Waals surface area contributed by atoms with Crippen molar-refractivity contribution in [1.82, 2.24) is 9.78 Å². The number of anilines is 1. The molecule has 0 spiro atoms. The van der Waals surface area contributed by atoms with Gasteiger partial charge in [-0.3, -0.25) is 4.68 Å². The molecule has 0 amide bonds. The van der Waals surface area contributed by atoms with Gasteiger partial charge in [-0.1, -0.05) is 0 Å². The number of nitrogens with zero attached hydrogens (tertiary/aromatic N) is 2. The molecule has 0 aliphatic heterocycles. The fourth-order valence-electron chi connectivity index (χ4n) is 1.31. The van der Waals surface area contributed by atoms with Gasteiger partial charge in [-0.2, -0.15) is 5.10 Å². The van der Waals surface area contributed by atoms with Crippen LogP contribution in [0.25, 0.3) is 0 Å². The van der Waals surface area contributed by atoms with E-state index in [4.69, 9.17) is 10.5 Å². The number of hydrogen-bond donors (Lipinski definition) is 1. The molecule has 0 aliphatic rings. The van der Waals surface area contributed by atoms with E-state index in [2.05, 4.69) is 5.10 Å². The second kappa shape index (κ2) is 4.22. The Hall–Kier alpha value is -2.04. The highest BCUT2D eigenvalue weighted by molar-refractivity contribution is 5.53. The number of halogens is 1. The summed E-state index contributed by atoms with van der Waals surface area (Å²) in [6, 6.07) is 4.02. The van der Waals surface area contributed by atoms with Crippen LogP contribution in [0.4, 0.5) is 10.1 Å². The number of hydrogen-bond acceptors (Lipinski definition) is 3.